The van der Waals surface area contributed by atoms with Crippen LogP contribution in [0.4, 0.5) is 0 Å². The van der Waals surface area contributed by atoms with E-state index in [1.807, 2.05) is 18.7 Å². The van der Waals surface area contributed by atoms with Gasteiger partial charge in [-0.15, -0.1) is 0 Å². The fourth-order valence-electron chi connectivity index (χ4n) is 0.501. The number of hydrogen-bond donors (Lipinski definition) is 1. The number of rotatable bonds is 2. The Hall–Kier alpha value is -0.0500. The third-order valence-electron chi connectivity index (χ3n) is 1.04. The summed E-state index contributed by atoms with van der Waals surface area (Å²) in [5, 5.41) is 7.09. The van der Waals surface area contributed by atoms with Crippen LogP contribution in [-0.4, -0.2) is 22.7 Å². The zero-order valence-corrected chi connectivity index (χ0v) is 6.83. The first-order valence-corrected chi connectivity index (χ1v) is 3.50. The van der Waals surface area contributed by atoms with Gasteiger partial charge in [-0.25, -0.2) is 0 Å². The predicted octanol–water partition coefficient (Wildman–Crippen LogP) is 1.66. The number of halogens is 1. The molecule has 0 saturated carbocycles. The molecule has 0 radical (unpaired) electrons. The second-order valence-electron chi connectivity index (χ2n) is 1.46. The van der Waals surface area contributed by atoms with Gasteiger partial charge in [-0.2, -0.15) is 0 Å². The lowest BCUT2D eigenvalue weighted by Gasteiger charge is -2.16. The van der Waals surface area contributed by atoms with E-state index in [4.69, 9.17) is 5.41 Å². The van der Waals surface area contributed by atoms with Gasteiger partial charge in [0.05, 0.1) is 0 Å². The third-order valence-corrected chi connectivity index (χ3v) is 1.54. The molecule has 0 fully saturated rings. The Bertz CT molecular complexity index is 78.5. The minimum atomic E-state index is 0.475. The van der Waals surface area contributed by atoms with Crippen LogP contribution < -0.4 is 0 Å². The summed E-state index contributed by atoms with van der Waals surface area (Å²) in [6.07, 6.45) is 0. The second-order valence-corrected chi connectivity index (χ2v) is 2.21. The highest BCUT2D eigenvalue weighted by Crippen LogP contribution is 1.94. The standard InChI is InChI=1S/C5H11BrN2/c1-3-8(4-2)5(6)7/h7H,3-4H2,1-2H3. The van der Waals surface area contributed by atoms with Crippen LogP contribution in [0.2, 0.25) is 0 Å². The van der Waals surface area contributed by atoms with Crippen molar-refractivity contribution in [3.05, 3.63) is 0 Å². The Morgan fingerprint density at radius 1 is 1.50 bits per heavy atom. The summed E-state index contributed by atoms with van der Waals surface area (Å²) in [6.45, 7) is 5.86. The Kier molecular flexibility index (Phi) is 3.87. The molecule has 0 unspecified atom stereocenters. The lowest BCUT2D eigenvalue weighted by Crippen LogP contribution is -2.25. The van der Waals surface area contributed by atoms with Gasteiger partial charge >= 0.3 is 0 Å². The molecule has 0 saturated heterocycles. The van der Waals surface area contributed by atoms with Crippen LogP contribution in [0.3, 0.4) is 0 Å². The molecule has 0 rings (SSSR count). The van der Waals surface area contributed by atoms with Gasteiger partial charge in [-0.05, 0) is 29.8 Å². The van der Waals surface area contributed by atoms with E-state index in [2.05, 4.69) is 15.9 Å². The normalized spacial score (nSPS) is 8.88. The van der Waals surface area contributed by atoms with Gasteiger partial charge < -0.3 is 4.90 Å². The summed E-state index contributed by atoms with van der Waals surface area (Å²) in [4.78, 5) is 1.92. The first kappa shape index (κ1) is 7.95. The van der Waals surface area contributed by atoms with Crippen molar-refractivity contribution in [2.45, 2.75) is 13.8 Å². The van der Waals surface area contributed by atoms with E-state index < -0.39 is 0 Å². The maximum Gasteiger partial charge on any atom is 0.165 e. The van der Waals surface area contributed by atoms with Gasteiger partial charge in [-0.1, -0.05) is 0 Å². The number of nitrogens with zero attached hydrogens (tertiary/aromatic N) is 1. The van der Waals surface area contributed by atoms with E-state index in [1.165, 1.54) is 0 Å². The fraction of sp³-hybridized carbons (Fsp3) is 0.800. The highest BCUT2D eigenvalue weighted by molar-refractivity contribution is 9.18. The van der Waals surface area contributed by atoms with Gasteiger partial charge in [0, 0.05) is 13.1 Å². The molecule has 48 valence electrons. The van der Waals surface area contributed by atoms with E-state index in [0.717, 1.165) is 13.1 Å². The molecular formula is C5H11BrN2. The summed E-state index contributed by atoms with van der Waals surface area (Å²) >= 11 is 3.07. The van der Waals surface area contributed by atoms with Crippen LogP contribution in [0, 0.1) is 5.41 Å². The van der Waals surface area contributed by atoms with Gasteiger partial charge in [0.2, 0.25) is 0 Å². The molecule has 0 aliphatic rings. The molecule has 0 aromatic rings. The van der Waals surface area contributed by atoms with Crippen molar-refractivity contribution in [3.8, 4) is 0 Å². The number of hydrogen-bond acceptors (Lipinski definition) is 1. The summed E-state index contributed by atoms with van der Waals surface area (Å²) < 4.78 is 0.475. The molecule has 0 heterocycles. The van der Waals surface area contributed by atoms with Crippen LogP contribution in [0.1, 0.15) is 13.8 Å². The van der Waals surface area contributed by atoms with Crippen molar-refractivity contribution in [1.29, 1.82) is 5.41 Å². The Morgan fingerprint density at radius 2 is 1.88 bits per heavy atom. The topological polar surface area (TPSA) is 27.1 Å². The molecule has 0 amide bonds. The molecule has 0 aliphatic carbocycles. The number of amidine groups is 1. The fourth-order valence-corrected chi connectivity index (χ4v) is 1.00. The van der Waals surface area contributed by atoms with Crippen LogP contribution in [-0.2, 0) is 0 Å². The van der Waals surface area contributed by atoms with Gasteiger partial charge in [0.25, 0.3) is 0 Å². The Labute approximate surface area is 58.5 Å². The van der Waals surface area contributed by atoms with Crippen LogP contribution in [0.5, 0.6) is 0 Å². The van der Waals surface area contributed by atoms with Gasteiger partial charge in [0.1, 0.15) is 0 Å². The van der Waals surface area contributed by atoms with Crippen LogP contribution in [0.15, 0.2) is 0 Å². The molecule has 0 spiro atoms. The Morgan fingerprint density at radius 3 is 1.88 bits per heavy atom. The summed E-state index contributed by atoms with van der Waals surface area (Å²) in [5.41, 5.74) is 0. The Balaban J connectivity index is 3.52. The minimum absolute atomic E-state index is 0.475. The molecule has 0 atom stereocenters. The van der Waals surface area contributed by atoms with E-state index >= 15 is 0 Å². The lowest BCUT2D eigenvalue weighted by atomic mass is 10.6. The summed E-state index contributed by atoms with van der Waals surface area (Å²) in [5.74, 6) is 0. The average Bonchev–Trinajstić information content (AvgIpc) is 1.69. The van der Waals surface area contributed by atoms with Crippen LogP contribution in [0.25, 0.3) is 0 Å². The van der Waals surface area contributed by atoms with Crippen molar-refractivity contribution < 1.29 is 0 Å². The van der Waals surface area contributed by atoms with Crippen molar-refractivity contribution in [3.63, 3.8) is 0 Å². The smallest absolute Gasteiger partial charge is 0.165 e. The SMILES string of the molecule is CCN(CC)C(=N)Br. The van der Waals surface area contributed by atoms with Gasteiger partial charge in [-0.3, -0.25) is 5.41 Å². The molecule has 0 aromatic carbocycles. The first-order chi connectivity index (χ1) is 3.72. The zero-order valence-electron chi connectivity index (χ0n) is 5.24. The molecule has 0 bridgehead atoms. The summed E-state index contributed by atoms with van der Waals surface area (Å²) in [7, 11) is 0. The minimum Gasteiger partial charge on any atom is -0.352 e. The van der Waals surface area contributed by atoms with E-state index in [1.54, 1.807) is 0 Å². The average molecular weight is 179 g/mol. The summed E-state index contributed by atoms with van der Waals surface area (Å²) in [6, 6.07) is 0. The highest BCUT2D eigenvalue weighted by atomic mass is 79.9. The monoisotopic (exact) mass is 178 g/mol. The van der Waals surface area contributed by atoms with Gasteiger partial charge in [0.15, 0.2) is 4.74 Å². The second kappa shape index (κ2) is 3.89. The zero-order chi connectivity index (χ0) is 6.57. The van der Waals surface area contributed by atoms with E-state index in [9.17, 15) is 0 Å². The molecular weight excluding hydrogens is 168 g/mol. The molecule has 2 nitrogen and oxygen atoms in total. The number of nitrogens with one attached hydrogen (secondary N) is 1. The van der Waals surface area contributed by atoms with Crippen molar-refractivity contribution in [1.82, 2.24) is 4.90 Å². The highest BCUT2D eigenvalue weighted by Gasteiger charge is 1.97. The lowest BCUT2D eigenvalue weighted by molar-refractivity contribution is 0.473. The van der Waals surface area contributed by atoms with E-state index in [0.29, 0.717) is 4.74 Å². The van der Waals surface area contributed by atoms with Crippen molar-refractivity contribution in [2.75, 3.05) is 13.1 Å². The maximum absolute atomic E-state index is 7.09. The van der Waals surface area contributed by atoms with Crippen molar-refractivity contribution in [2.24, 2.45) is 0 Å². The molecule has 8 heavy (non-hydrogen) atoms. The molecule has 0 aliphatic heterocycles. The largest absolute Gasteiger partial charge is 0.352 e. The van der Waals surface area contributed by atoms with Crippen molar-refractivity contribution >= 4 is 20.7 Å². The third kappa shape index (κ3) is 2.31. The van der Waals surface area contributed by atoms with Crippen LogP contribution >= 0.6 is 15.9 Å². The maximum atomic E-state index is 7.09. The first-order valence-electron chi connectivity index (χ1n) is 2.71. The molecule has 1 N–H and O–H groups in total. The predicted molar refractivity (Wildman–Crippen MR) is 39.6 cm³/mol. The molecule has 3 heteroatoms. The molecule has 0 aromatic heterocycles. The van der Waals surface area contributed by atoms with E-state index in [-0.39, 0.29) is 0 Å². The quantitative estimate of drug-likeness (QED) is 0.389.